The highest BCUT2D eigenvalue weighted by Crippen LogP contribution is 2.67. The number of hydrogen-bond acceptors (Lipinski definition) is 2. The molecule has 2 atom stereocenters. The second-order valence-electron chi connectivity index (χ2n) is 5.52. The summed E-state index contributed by atoms with van der Waals surface area (Å²) in [6, 6.07) is 3.70. The van der Waals surface area contributed by atoms with E-state index < -0.39 is 0 Å². The van der Waals surface area contributed by atoms with E-state index in [-0.39, 0.29) is 11.4 Å². The molecule has 0 saturated heterocycles. The van der Waals surface area contributed by atoms with E-state index in [0.717, 1.165) is 26.3 Å². The summed E-state index contributed by atoms with van der Waals surface area (Å²) in [7, 11) is 0. The van der Waals surface area contributed by atoms with Gasteiger partial charge in [0.05, 0.1) is 8.95 Å². The third-order valence-corrected chi connectivity index (χ3v) is 6.05. The molecule has 1 aromatic carbocycles. The Morgan fingerprint density at radius 3 is 2.45 bits per heavy atom. The Bertz CT molecular complexity index is 588. The van der Waals surface area contributed by atoms with Crippen LogP contribution in [-0.4, -0.2) is 5.97 Å². The van der Waals surface area contributed by atoms with E-state index in [1.165, 1.54) is 12.8 Å². The van der Waals surface area contributed by atoms with Crippen molar-refractivity contribution < 1.29 is 9.53 Å². The molecule has 2 unspecified atom stereocenters. The third kappa shape index (κ3) is 2.42. The molecule has 2 aliphatic rings. The highest BCUT2D eigenvalue weighted by molar-refractivity contribution is 9.11. The summed E-state index contributed by atoms with van der Waals surface area (Å²) in [5, 5.41) is 0. The smallest absolute Gasteiger partial charge is 0.339 e. The second-order valence-corrected chi connectivity index (χ2v) is 8.14. The van der Waals surface area contributed by atoms with Crippen LogP contribution in [0.2, 0.25) is 0 Å². The Morgan fingerprint density at radius 1 is 1.30 bits per heavy atom. The fourth-order valence-electron chi connectivity index (χ4n) is 3.23. The van der Waals surface area contributed by atoms with Crippen LogP contribution >= 0.6 is 47.8 Å². The van der Waals surface area contributed by atoms with Crippen LogP contribution < -0.4 is 4.74 Å². The van der Waals surface area contributed by atoms with Crippen LogP contribution in [0.4, 0.5) is 0 Å². The molecule has 106 valence electrons. The van der Waals surface area contributed by atoms with Crippen molar-refractivity contribution in [3.8, 4) is 5.75 Å². The van der Waals surface area contributed by atoms with Crippen molar-refractivity contribution in [2.45, 2.75) is 25.7 Å². The minimum absolute atomic E-state index is 0.0470. The molecule has 0 aromatic heterocycles. The minimum atomic E-state index is -0.307. The van der Waals surface area contributed by atoms with Gasteiger partial charge in [0.15, 0.2) is 5.75 Å². The maximum atomic E-state index is 12.3. The molecular weight excluding hydrogens is 452 g/mol. The number of benzene rings is 1. The maximum Gasteiger partial charge on any atom is 0.339 e. The largest absolute Gasteiger partial charge is 0.421 e. The van der Waals surface area contributed by atoms with E-state index in [0.29, 0.717) is 17.2 Å². The second kappa shape index (κ2) is 5.25. The Hall–Kier alpha value is -0.130. The number of hydrogen-bond donors (Lipinski definition) is 0. The lowest BCUT2D eigenvalue weighted by atomic mass is 9.94. The van der Waals surface area contributed by atoms with Gasteiger partial charge in [-0.3, -0.25) is 0 Å². The van der Waals surface area contributed by atoms with E-state index in [2.05, 4.69) is 54.4 Å². The molecule has 0 spiro atoms. The average Bonchev–Trinajstić information content (AvgIpc) is 2.95. The van der Waals surface area contributed by atoms with Gasteiger partial charge in [0.2, 0.25) is 0 Å². The van der Waals surface area contributed by atoms with Gasteiger partial charge in [0.25, 0.3) is 0 Å². The molecule has 0 amide bonds. The van der Waals surface area contributed by atoms with Crippen LogP contribution in [-0.2, 0) is 4.79 Å². The van der Waals surface area contributed by atoms with E-state index in [1.807, 2.05) is 12.1 Å². The lowest BCUT2D eigenvalue weighted by Crippen LogP contribution is -2.18. The molecule has 0 heterocycles. The molecular formula is C15H13Br3O2. The first-order valence-electron chi connectivity index (χ1n) is 6.50. The van der Waals surface area contributed by atoms with Crippen LogP contribution in [0.15, 0.2) is 37.7 Å². The standard InChI is InChI=1S/C15H13Br3O2/c1-8(15-4-2-3-9(15)7-15)14(19)20-13-11(17)5-10(16)6-12(13)18/h5-6,9H,1-4,7H2. The Kier molecular flexibility index (Phi) is 3.89. The number of ether oxygens (including phenoxy) is 1. The zero-order valence-electron chi connectivity index (χ0n) is 10.7. The lowest BCUT2D eigenvalue weighted by Gasteiger charge is -2.16. The first-order valence-corrected chi connectivity index (χ1v) is 8.88. The molecule has 0 radical (unpaired) electrons. The summed E-state index contributed by atoms with van der Waals surface area (Å²) >= 11 is 10.2. The van der Waals surface area contributed by atoms with Gasteiger partial charge < -0.3 is 4.74 Å². The SMILES string of the molecule is C=C(C(=O)Oc1c(Br)cc(Br)cc1Br)C12CCCC1C2. The van der Waals surface area contributed by atoms with Gasteiger partial charge in [-0.1, -0.05) is 28.9 Å². The van der Waals surface area contributed by atoms with Gasteiger partial charge in [-0.2, -0.15) is 0 Å². The maximum absolute atomic E-state index is 12.3. The molecule has 5 heteroatoms. The van der Waals surface area contributed by atoms with Crippen molar-refractivity contribution in [2.24, 2.45) is 11.3 Å². The molecule has 20 heavy (non-hydrogen) atoms. The summed E-state index contributed by atoms with van der Waals surface area (Å²) in [6.07, 6.45) is 4.60. The predicted molar refractivity (Wildman–Crippen MR) is 88.7 cm³/mol. The van der Waals surface area contributed by atoms with Gasteiger partial charge in [-0.05, 0) is 69.2 Å². The van der Waals surface area contributed by atoms with E-state index in [4.69, 9.17) is 4.74 Å². The summed E-state index contributed by atoms with van der Waals surface area (Å²) in [4.78, 5) is 12.3. The number of halogens is 3. The normalized spacial score (nSPS) is 27.1. The summed E-state index contributed by atoms with van der Waals surface area (Å²) in [6.45, 7) is 4.01. The number of esters is 1. The molecule has 0 bridgehead atoms. The van der Waals surface area contributed by atoms with Crippen molar-refractivity contribution in [2.75, 3.05) is 0 Å². The summed E-state index contributed by atoms with van der Waals surface area (Å²) in [5.74, 6) is 0.850. The van der Waals surface area contributed by atoms with Crippen molar-refractivity contribution >= 4 is 53.8 Å². The van der Waals surface area contributed by atoms with E-state index >= 15 is 0 Å². The molecule has 1 aromatic rings. The average molecular weight is 465 g/mol. The first-order chi connectivity index (χ1) is 9.44. The van der Waals surface area contributed by atoms with Crippen LogP contribution in [0.1, 0.15) is 25.7 Å². The summed E-state index contributed by atoms with van der Waals surface area (Å²) < 4.78 is 7.92. The van der Waals surface area contributed by atoms with Gasteiger partial charge in [0, 0.05) is 15.5 Å². The predicted octanol–water partition coefficient (Wildman–Crippen LogP) is 5.63. The van der Waals surface area contributed by atoms with Gasteiger partial charge in [0.1, 0.15) is 0 Å². The van der Waals surface area contributed by atoms with Crippen molar-refractivity contribution in [3.05, 3.63) is 37.7 Å². The number of carbonyl (C=O) groups is 1. The van der Waals surface area contributed by atoms with Crippen LogP contribution in [0.3, 0.4) is 0 Å². The molecule has 0 N–H and O–H groups in total. The number of carbonyl (C=O) groups excluding carboxylic acids is 1. The van der Waals surface area contributed by atoms with E-state index in [1.54, 1.807) is 0 Å². The van der Waals surface area contributed by atoms with Crippen LogP contribution in [0, 0.1) is 11.3 Å². The quantitative estimate of drug-likeness (QED) is 0.329. The molecule has 2 saturated carbocycles. The summed E-state index contributed by atoms with van der Waals surface area (Å²) in [5.41, 5.74) is 0.688. The van der Waals surface area contributed by atoms with Gasteiger partial charge in [-0.25, -0.2) is 4.79 Å². The molecule has 0 aliphatic heterocycles. The Morgan fingerprint density at radius 2 is 1.95 bits per heavy atom. The zero-order valence-corrected chi connectivity index (χ0v) is 15.5. The van der Waals surface area contributed by atoms with Crippen LogP contribution in [0.5, 0.6) is 5.75 Å². The highest BCUT2D eigenvalue weighted by Gasteiger charge is 2.60. The molecule has 3 rings (SSSR count). The van der Waals surface area contributed by atoms with Crippen molar-refractivity contribution in [3.63, 3.8) is 0 Å². The fourth-order valence-corrected chi connectivity index (χ4v) is 5.65. The fraction of sp³-hybridized carbons (Fsp3) is 0.400. The van der Waals surface area contributed by atoms with Crippen molar-refractivity contribution in [1.82, 2.24) is 0 Å². The van der Waals surface area contributed by atoms with Gasteiger partial charge in [-0.15, -0.1) is 0 Å². The molecule has 2 aliphatic carbocycles. The molecule has 2 fully saturated rings. The Balaban J connectivity index is 1.78. The monoisotopic (exact) mass is 462 g/mol. The molecule has 2 nitrogen and oxygen atoms in total. The highest BCUT2D eigenvalue weighted by atomic mass is 79.9. The van der Waals surface area contributed by atoms with E-state index in [9.17, 15) is 4.79 Å². The van der Waals surface area contributed by atoms with Crippen LogP contribution in [0.25, 0.3) is 0 Å². The van der Waals surface area contributed by atoms with Crippen molar-refractivity contribution in [1.29, 1.82) is 0 Å². The minimum Gasteiger partial charge on any atom is -0.421 e. The topological polar surface area (TPSA) is 26.3 Å². The third-order valence-electron chi connectivity index (χ3n) is 4.41. The number of rotatable bonds is 3. The number of fused-ring (bicyclic) bond motifs is 1. The first kappa shape index (κ1) is 14.8. The Labute approximate surface area is 143 Å². The lowest BCUT2D eigenvalue weighted by molar-refractivity contribution is -0.131. The van der Waals surface area contributed by atoms with Gasteiger partial charge >= 0.3 is 5.97 Å². The zero-order chi connectivity index (χ0) is 14.5.